The normalized spacial score (nSPS) is 20.7. The van der Waals surface area contributed by atoms with E-state index in [-0.39, 0.29) is 11.9 Å². The average molecular weight is 254 g/mol. The van der Waals surface area contributed by atoms with Gasteiger partial charge in [-0.1, -0.05) is 40.0 Å². The van der Waals surface area contributed by atoms with Crippen LogP contribution in [0.25, 0.3) is 0 Å². The number of carbonyl (C=O) groups is 1. The van der Waals surface area contributed by atoms with Crippen molar-refractivity contribution in [1.82, 2.24) is 5.32 Å². The molecule has 3 N–H and O–H groups in total. The first-order valence-corrected chi connectivity index (χ1v) is 7.60. The van der Waals surface area contributed by atoms with Gasteiger partial charge in [-0.3, -0.25) is 4.79 Å². The van der Waals surface area contributed by atoms with Crippen LogP contribution in [0.15, 0.2) is 0 Å². The highest BCUT2D eigenvalue weighted by Gasteiger charge is 2.25. The van der Waals surface area contributed by atoms with Crippen LogP contribution in [0.1, 0.15) is 65.7 Å². The molecule has 1 amide bonds. The van der Waals surface area contributed by atoms with E-state index < -0.39 is 0 Å². The van der Waals surface area contributed by atoms with Gasteiger partial charge in [0.05, 0.1) is 6.04 Å². The molecule has 2 atom stereocenters. The van der Waals surface area contributed by atoms with Crippen molar-refractivity contribution in [2.45, 2.75) is 77.8 Å². The fourth-order valence-electron chi connectivity index (χ4n) is 2.99. The minimum atomic E-state index is -0.345. The van der Waals surface area contributed by atoms with Crippen molar-refractivity contribution in [2.24, 2.45) is 17.6 Å². The van der Waals surface area contributed by atoms with Crippen LogP contribution in [0.5, 0.6) is 0 Å². The Balaban J connectivity index is 2.43. The third-order valence-electron chi connectivity index (χ3n) is 4.05. The van der Waals surface area contributed by atoms with Gasteiger partial charge in [0.2, 0.25) is 5.91 Å². The summed E-state index contributed by atoms with van der Waals surface area (Å²) in [6, 6.07) is -0.0151. The van der Waals surface area contributed by atoms with Crippen LogP contribution in [0.2, 0.25) is 0 Å². The Morgan fingerprint density at radius 2 is 1.89 bits per heavy atom. The topological polar surface area (TPSA) is 55.1 Å². The summed E-state index contributed by atoms with van der Waals surface area (Å²) in [6.07, 6.45) is 8.30. The molecular weight excluding hydrogens is 224 g/mol. The summed E-state index contributed by atoms with van der Waals surface area (Å²) in [4.78, 5) is 12.1. The molecule has 1 rings (SSSR count). The monoisotopic (exact) mass is 254 g/mol. The number of nitrogens with two attached hydrogens (primary N) is 1. The number of nitrogens with one attached hydrogen (secondary N) is 1. The molecule has 0 aromatic carbocycles. The second kappa shape index (κ2) is 7.78. The Labute approximate surface area is 112 Å². The predicted molar refractivity (Wildman–Crippen MR) is 76.2 cm³/mol. The minimum absolute atomic E-state index is 0.0427. The third kappa shape index (κ3) is 4.97. The summed E-state index contributed by atoms with van der Waals surface area (Å²) in [7, 11) is 0. The fraction of sp³-hybridized carbons (Fsp3) is 0.933. The summed E-state index contributed by atoms with van der Waals surface area (Å²) in [5, 5.41) is 3.18. The Morgan fingerprint density at radius 3 is 2.39 bits per heavy atom. The Bertz CT molecular complexity index is 247. The fourth-order valence-corrected chi connectivity index (χ4v) is 2.99. The molecule has 1 unspecified atom stereocenters. The molecule has 18 heavy (non-hydrogen) atoms. The van der Waals surface area contributed by atoms with Crippen LogP contribution in [0, 0.1) is 11.8 Å². The molecule has 0 aromatic heterocycles. The zero-order valence-corrected chi connectivity index (χ0v) is 12.2. The highest BCUT2D eigenvalue weighted by molar-refractivity contribution is 5.81. The van der Waals surface area contributed by atoms with E-state index in [0.29, 0.717) is 17.9 Å². The van der Waals surface area contributed by atoms with E-state index in [1.165, 1.54) is 32.1 Å². The molecule has 0 radical (unpaired) electrons. The van der Waals surface area contributed by atoms with Crippen molar-refractivity contribution in [2.75, 3.05) is 0 Å². The van der Waals surface area contributed by atoms with E-state index in [9.17, 15) is 4.79 Å². The van der Waals surface area contributed by atoms with Gasteiger partial charge in [0.15, 0.2) is 0 Å². The Kier molecular flexibility index (Phi) is 6.69. The standard InChI is InChI=1S/C15H30N2O/c1-4-14(12-8-6-5-7-9-12)17-15(18)13(16)10-11(2)3/h11-14H,4-10,16H2,1-3H3,(H,17,18)/t13-,14?/m1/s1. The van der Waals surface area contributed by atoms with Gasteiger partial charge < -0.3 is 11.1 Å². The summed E-state index contributed by atoms with van der Waals surface area (Å²) in [5.41, 5.74) is 5.94. The van der Waals surface area contributed by atoms with Crippen molar-refractivity contribution >= 4 is 5.91 Å². The van der Waals surface area contributed by atoms with Gasteiger partial charge in [-0.25, -0.2) is 0 Å². The predicted octanol–water partition coefficient (Wildman–Crippen LogP) is 2.83. The van der Waals surface area contributed by atoms with Crippen LogP contribution in [0.3, 0.4) is 0 Å². The first kappa shape index (κ1) is 15.5. The van der Waals surface area contributed by atoms with E-state index in [1.54, 1.807) is 0 Å². The maximum absolute atomic E-state index is 12.1. The summed E-state index contributed by atoms with van der Waals surface area (Å²) in [6.45, 7) is 6.37. The van der Waals surface area contributed by atoms with Crippen LogP contribution in [-0.2, 0) is 4.79 Å². The van der Waals surface area contributed by atoms with Gasteiger partial charge in [-0.15, -0.1) is 0 Å². The van der Waals surface area contributed by atoms with Gasteiger partial charge in [0.1, 0.15) is 0 Å². The molecule has 0 heterocycles. The molecule has 1 saturated carbocycles. The molecule has 0 spiro atoms. The third-order valence-corrected chi connectivity index (χ3v) is 4.05. The van der Waals surface area contributed by atoms with Crippen molar-refractivity contribution < 1.29 is 4.79 Å². The largest absolute Gasteiger partial charge is 0.352 e. The highest BCUT2D eigenvalue weighted by atomic mass is 16.2. The SMILES string of the molecule is CCC(NC(=O)[C@H](N)CC(C)C)C1CCCCC1. The van der Waals surface area contributed by atoms with Crippen molar-refractivity contribution in [3.8, 4) is 0 Å². The molecule has 1 fully saturated rings. The summed E-state index contributed by atoms with van der Waals surface area (Å²) in [5.74, 6) is 1.18. The molecule has 1 aliphatic carbocycles. The quantitative estimate of drug-likeness (QED) is 0.766. The van der Waals surface area contributed by atoms with Crippen LogP contribution >= 0.6 is 0 Å². The molecular formula is C15H30N2O. The lowest BCUT2D eigenvalue weighted by Gasteiger charge is -2.31. The Hall–Kier alpha value is -0.570. The van der Waals surface area contributed by atoms with E-state index in [2.05, 4.69) is 26.1 Å². The second-order valence-electron chi connectivity index (χ2n) is 6.16. The molecule has 3 nitrogen and oxygen atoms in total. The summed E-state index contributed by atoms with van der Waals surface area (Å²) < 4.78 is 0. The van der Waals surface area contributed by atoms with Gasteiger partial charge >= 0.3 is 0 Å². The molecule has 106 valence electrons. The number of hydrogen-bond acceptors (Lipinski definition) is 2. The number of amides is 1. The average Bonchev–Trinajstić information content (AvgIpc) is 2.35. The van der Waals surface area contributed by atoms with Crippen LogP contribution in [-0.4, -0.2) is 18.0 Å². The highest BCUT2D eigenvalue weighted by Crippen LogP contribution is 2.27. The van der Waals surface area contributed by atoms with E-state index in [0.717, 1.165) is 12.8 Å². The molecule has 0 bridgehead atoms. The first-order chi connectivity index (χ1) is 8.54. The van der Waals surface area contributed by atoms with Crippen molar-refractivity contribution in [3.63, 3.8) is 0 Å². The zero-order chi connectivity index (χ0) is 13.5. The Morgan fingerprint density at radius 1 is 1.28 bits per heavy atom. The van der Waals surface area contributed by atoms with Gasteiger partial charge in [-0.2, -0.15) is 0 Å². The van der Waals surface area contributed by atoms with E-state index in [1.807, 2.05) is 0 Å². The first-order valence-electron chi connectivity index (χ1n) is 7.60. The van der Waals surface area contributed by atoms with E-state index >= 15 is 0 Å². The lowest BCUT2D eigenvalue weighted by molar-refractivity contribution is -0.123. The number of rotatable bonds is 6. The lowest BCUT2D eigenvalue weighted by atomic mass is 9.83. The maximum Gasteiger partial charge on any atom is 0.237 e. The molecule has 3 heteroatoms. The van der Waals surface area contributed by atoms with Gasteiger partial charge in [0, 0.05) is 6.04 Å². The molecule has 0 aromatic rings. The second-order valence-corrected chi connectivity index (χ2v) is 6.16. The smallest absolute Gasteiger partial charge is 0.237 e. The summed E-state index contributed by atoms with van der Waals surface area (Å²) >= 11 is 0. The number of carbonyl (C=O) groups excluding carboxylic acids is 1. The molecule has 1 aliphatic rings. The zero-order valence-electron chi connectivity index (χ0n) is 12.2. The molecule has 0 aliphatic heterocycles. The lowest BCUT2D eigenvalue weighted by Crippen LogP contribution is -2.48. The minimum Gasteiger partial charge on any atom is -0.352 e. The van der Waals surface area contributed by atoms with Gasteiger partial charge in [0.25, 0.3) is 0 Å². The van der Waals surface area contributed by atoms with Crippen LogP contribution < -0.4 is 11.1 Å². The van der Waals surface area contributed by atoms with Crippen molar-refractivity contribution in [1.29, 1.82) is 0 Å². The van der Waals surface area contributed by atoms with Gasteiger partial charge in [-0.05, 0) is 37.5 Å². The number of hydrogen-bond donors (Lipinski definition) is 2. The van der Waals surface area contributed by atoms with Crippen molar-refractivity contribution in [3.05, 3.63) is 0 Å². The molecule has 0 saturated heterocycles. The van der Waals surface area contributed by atoms with E-state index in [4.69, 9.17) is 5.73 Å². The van der Waals surface area contributed by atoms with Crippen LogP contribution in [0.4, 0.5) is 0 Å². The maximum atomic E-state index is 12.1.